The number of nitrogens with zero attached hydrogens (tertiary/aromatic N) is 3. The third-order valence-corrected chi connectivity index (χ3v) is 4.51. The first-order valence-electron chi connectivity index (χ1n) is 7.88. The number of benzene rings is 1. The van der Waals surface area contributed by atoms with Crippen LogP contribution in [0.5, 0.6) is 0 Å². The average molecular weight is 316 g/mol. The highest BCUT2D eigenvalue weighted by Crippen LogP contribution is 2.20. The summed E-state index contributed by atoms with van der Waals surface area (Å²) in [5.41, 5.74) is 1.56. The van der Waals surface area contributed by atoms with Crippen LogP contribution in [0.1, 0.15) is 28.9 Å². The van der Waals surface area contributed by atoms with E-state index in [2.05, 4.69) is 10.4 Å². The van der Waals surface area contributed by atoms with Crippen molar-refractivity contribution in [3.63, 3.8) is 0 Å². The molecule has 1 aromatic carbocycles. The van der Waals surface area contributed by atoms with Gasteiger partial charge in [-0.2, -0.15) is 5.10 Å². The summed E-state index contributed by atoms with van der Waals surface area (Å²) in [6.07, 6.45) is 3.43. The fourth-order valence-corrected chi connectivity index (χ4v) is 3.03. The summed E-state index contributed by atoms with van der Waals surface area (Å²) in [5, 5.41) is 7.46. The topological polar surface area (TPSA) is 50.2 Å². The van der Waals surface area contributed by atoms with Crippen LogP contribution in [0.3, 0.4) is 0 Å². The molecule has 0 radical (unpaired) electrons. The number of carbonyl (C=O) groups is 1. The number of likely N-dealkylation sites (tertiary alicyclic amines) is 1. The van der Waals surface area contributed by atoms with Gasteiger partial charge in [0.05, 0.1) is 17.5 Å². The lowest BCUT2D eigenvalue weighted by atomic mass is 10.0. The molecule has 0 atom stereocenters. The molecule has 2 heterocycles. The average Bonchev–Trinajstić information content (AvgIpc) is 2.96. The maximum absolute atomic E-state index is 13.9. The van der Waals surface area contributed by atoms with Gasteiger partial charge < -0.3 is 10.2 Å². The molecule has 0 bridgehead atoms. The van der Waals surface area contributed by atoms with E-state index >= 15 is 0 Å². The van der Waals surface area contributed by atoms with Crippen LogP contribution in [-0.4, -0.2) is 46.8 Å². The molecule has 0 saturated carbocycles. The Morgan fingerprint density at radius 1 is 1.30 bits per heavy atom. The Kier molecular flexibility index (Phi) is 4.43. The summed E-state index contributed by atoms with van der Waals surface area (Å²) in [6, 6.07) is 6.91. The highest BCUT2D eigenvalue weighted by Gasteiger charge is 2.25. The summed E-state index contributed by atoms with van der Waals surface area (Å²) < 4.78 is 15.4. The molecule has 1 aromatic heterocycles. The van der Waals surface area contributed by atoms with E-state index in [1.54, 1.807) is 25.1 Å². The number of hydrogen-bond acceptors (Lipinski definition) is 3. The molecular formula is C17H21FN4O. The van der Waals surface area contributed by atoms with Gasteiger partial charge in [0.15, 0.2) is 0 Å². The van der Waals surface area contributed by atoms with Gasteiger partial charge in [-0.15, -0.1) is 0 Å². The van der Waals surface area contributed by atoms with Gasteiger partial charge in [-0.1, -0.05) is 12.1 Å². The number of para-hydroxylation sites is 1. The number of carbonyl (C=O) groups excluding carboxylic acids is 1. The van der Waals surface area contributed by atoms with Crippen molar-refractivity contribution in [2.24, 2.45) is 0 Å². The molecule has 23 heavy (non-hydrogen) atoms. The van der Waals surface area contributed by atoms with E-state index < -0.39 is 0 Å². The zero-order chi connectivity index (χ0) is 16.4. The summed E-state index contributed by atoms with van der Waals surface area (Å²) in [6.45, 7) is 3.26. The Hall–Kier alpha value is -2.21. The van der Waals surface area contributed by atoms with Gasteiger partial charge in [0, 0.05) is 19.1 Å². The van der Waals surface area contributed by atoms with Crippen molar-refractivity contribution in [1.82, 2.24) is 20.0 Å². The van der Waals surface area contributed by atoms with Crippen molar-refractivity contribution in [2.75, 3.05) is 20.1 Å². The predicted molar refractivity (Wildman–Crippen MR) is 86.2 cm³/mol. The van der Waals surface area contributed by atoms with E-state index in [1.807, 2.05) is 11.9 Å². The summed E-state index contributed by atoms with van der Waals surface area (Å²) in [4.78, 5) is 14.6. The Morgan fingerprint density at radius 3 is 2.65 bits per heavy atom. The van der Waals surface area contributed by atoms with Crippen molar-refractivity contribution in [2.45, 2.75) is 25.8 Å². The summed E-state index contributed by atoms with van der Waals surface area (Å²) in [5.74, 6) is -0.382. The minimum absolute atomic E-state index is 0.0281. The first kappa shape index (κ1) is 15.7. The second-order valence-corrected chi connectivity index (χ2v) is 5.86. The van der Waals surface area contributed by atoms with Crippen LogP contribution in [0.15, 0.2) is 30.5 Å². The summed E-state index contributed by atoms with van der Waals surface area (Å²) in [7, 11) is 1.95. The first-order chi connectivity index (χ1) is 11.1. The Bertz CT molecular complexity index is 704. The third-order valence-electron chi connectivity index (χ3n) is 4.51. The smallest absolute Gasteiger partial charge is 0.257 e. The van der Waals surface area contributed by atoms with Crippen LogP contribution in [0.2, 0.25) is 0 Å². The van der Waals surface area contributed by atoms with Crippen LogP contribution in [0.25, 0.3) is 5.69 Å². The second kappa shape index (κ2) is 6.50. The Balaban J connectivity index is 1.82. The van der Waals surface area contributed by atoms with E-state index in [0.29, 0.717) is 23.0 Å². The number of rotatable bonds is 3. The van der Waals surface area contributed by atoms with E-state index in [9.17, 15) is 9.18 Å². The van der Waals surface area contributed by atoms with Gasteiger partial charge in [0.1, 0.15) is 11.5 Å². The van der Waals surface area contributed by atoms with Crippen LogP contribution >= 0.6 is 0 Å². The van der Waals surface area contributed by atoms with Crippen molar-refractivity contribution in [3.05, 3.63) is 47.5 Å². The second-order valence-electron chi connectivity index (χ2n) is 5.86. The van der Waals surface area contributed by atoms with Crippen molar-refractivity contribution in [1.29, 1.82) is 0 Å². The van der Waals surface area contributed by atoms with Crippen molar-refractivity contribution < 1.29 is 9.18 Å². The third kappa shape index (κ3) is 2.99. The molecule has 1 saturated heterocycles. The number of piperidine rings is 1. The standard InChI is InChI=1S/C17H21FN4O/c1-12-14(17(23)21-9-7-13(19-2)8-10-21)11-20-22(12)16-6-4-3-5-15(16)18/h3-6,11,13,19H,7-10H2,1-2H3. The highest BCUT2D eigenvalue weighted by atomic mass is 19.1. The fraction of sp³-hybridized carbons (Fsp3) is 0.412. The Morgan fingerprint density at radius 2 is 2.00 bits per heavy atom. The van der Waals surface area contributed by atoms with Crippen LogP contribution in [0, 0.1) is 12.7 Å². The maximum atomic E-state index is 13.9. The molecule has 1 amide bonds. The number of hydrogen-bond donors (Lipinski definition) is 1. The molecule has 0 spiro atoms. The molecule has 1 aliphatic rings. The van der Waals surface area contributed by atoms with Gasteiger partial charge in [0.25, 0.3) is 5.91 Å². The van der Waals surface area contributed by atoms with E-state index in [4.69, 9.17) is 0 Å². The molecular weight excluding hydrogens is 295 g/mol. The lowest BCUT2D eigenvalue weighted by molar-refractivity contribution is 0.0706. The van der Waals surface area contributed by atoms with E-state index in [0.717, 1.165) is 25.9 Å². The molecule has 5 nitrogen and oxygen atoms in total. The first-order valence-corrected chi connectivity index (χ1v) is 7.88. The molecule has 1 fully saturated rings. The van der Waals surface area contributed by atoms with Crippen LogP contribution < -0.4 is 5.32 Å². The SMILES string of the molecule is CNC1CCN(C(=O)c2cnn(-c3ccccc3F)c2C)CC1. The molecule has 2 aromatic rings. The molecule has 122 valence electrons. The fourth-order valence-electron chi connectivity index (χ4n) is 3.03. The van der Waals surface area contributed by atoms with Crippen LogP contribution in [-0.2, 0) is 0 Å². The van der Waals surface area contributed by atoms with Crippen LogP contribution in [0.4, 0.5) is 4.39 Å². The largest absolute Gasteiger partial charge is 0.338 e. The van der Waals surface area contributed by atoms with Gasteiger partial charge in [-0.3, -0.25) is 4.79 Å². The predicted octanol–water partition coefficient (Wildman–Crippen LogP) is 2.14. The minimum Gasteiger partial charge on any atom is -0.338 e. The van der Waals surface area contributed by atoms with Crippen molar-refractivity contribution >= 4 is 5.91 Å². The lowest BCUT2D eigenvalue weighted by Crippen LogP contribution is -2.44. The number of nitrogens with one attached hydrogen (secondary N) is 1. The molecule has 0 unspecified atom stereocenters. The molecule has 3 rings (SSSR count). The molecule has 6 heteroatoms. The lowest BCUT2D eigenvalue weighted by Gasteiger charge is -2.31. The van der Waals surface area contributed by atoms with Gasteiger partial charge in [-0.05, 0) is 38.9 Å². The molecule has 1 aliphatic heterocycles. The quantitative estimate of drug-likeness (QED) is 0.944. The molecule has 1 N–H and O–H groups in total. The number of amides is 1. The van der Waals surface area contributed by atoms with Gasteiger partial charge in [-0.25, -0.2) is 9.07 Å². The Labute approximate surface area is 135 Å². The van der Waals surface area contributed by atoms with E-state index in [-0.39, 0.29) is 11.7 Å². The monoisotopic (exact) mass is 316 g/mol. The normalized spacial score (nSPS) is 15.9. The van der Waals surface area contributed by atoms with Gasteiger partial charge in [0.2, 0.25) is 0 Å². The van der Waals surface area contributed by atoms with Crippen molar-refractivity contribution in [3.8, 4) is 5.69 Å². The molecule has 0 aliphatic carbocycles. The highest BCUT2D eigenvalue weighted by molar-refractivity contribution is 5.95. The number of halogens is 1. The zero-order valence-electron chi connectivity index (χ0n) is 13.4. The van der Waals surface area contributed by atoms with Gasteiger partial charge >= 0.3 is 0 Å². The maximum Gasteiger partial charge on any atom is 0.257 e. The number of aromatic nitrogens is 2. The minimum atomic E-state index is -0.354. The summed E-state index contributed by atoms with van der Waals surface area (Å²) >= 11 is 0. The zero-order valence-corrected chi connectivity index (χ0v) is 13.4. The van der Waals surface area contributed by atoms with E-state index in [1.165, 1.54) is 16.9 Å².